The Labute approximate surface area is 174 Å². The van der Waals surface area contributed by atoms with Crippen molar-refractivity contribution in [3.63, 3.8) is 0 Å². The molecule has 0 aromatic heterocycles. The van der Waals surface area contributed by atoms with E-state index in [0.717, 1.165) is 57.1 Å². The third-order valence-corrected chi connectivity index (χ3v) is 5.79. The van der Waals surface area contributed by atoms with Crippen LogP contribution < -0.4 is 9.47 Å². The van der Waals surface area contributed by atoms with E-state index < -0.39 is 0 Å². The van der Waals surface area contributed by atoms with Gasteiger partial charge in [0.2, 0.25) is 0 Å². The summed E-state index contributed by atoms with van der Waals surface area (Å²) in [5, 5.41) is 9.62. The highest BCUT2D eigenvalue weighted by atomic mass is 16.5. The molecule has 0 unspecified atom stereocenters. The molecule has 2 aromatic rings. The van der Waals surface area contributed by atoms with Gasteiger partial charge in [-0.05, 0) is 41.7 Å². The quantitative estimate of drug-likeness (QED) is 0.702. The molecule has 0 aliphatic carbocycles. The maximum absolute atomic E-state index is 9.62. The summed E-state index contributed by atoms with van der Waals surface area (Å²) >= 11 is 0. The summed E-state index contributed by atoms with van der Waals surface area (Å²) in [4.78, 5) is 4.98. The fourth-order valence-corrected chi connectivity index (χ4v) is 4.06. The third-order valence-electron chi connectivity index (χ3n) is 5.79. The lowest BCUT2D eigenvalue weighted by Gasteiger charge is -2.41. The van der Waals surface area contributed by atoms with Crippen molar-refractivity contribution in [2.45, 2.75) is 38.9 Å². The van der Waals surface area contributed by atoms with Gasteiger partial charge in [-0.1, -0.05) is 31.2 Å². The zero-order valence-electron chi connectivity index (χ0n) is 17.9. The van der Waals surface area contributed by atoms with Gasteiger partial charge in [0.1, 0.15) is 11.5 Å². The van der Waals surface area contributed by atoms with Gasteiger partial charge in [-0.25, -0.2) is 0 Å². The average molecular weight is 399 g/mol. The molecule has 0 radical (unpaired) electrons. The Balaban J connectivity index is 1.65. The fourth-order valence-electron chi connectivity index (χ4n) is 4.06. The molecule has 1 aliphatic heterocycles. The summed E-state index contributed by atoms with van der Waals surface area (Å²) in [6, 6.07) is 15.3. The van der Waals surface area contributed by atoms with Crippen molar-refractivity contribution in [3.05, 3.63) is 59.2 Å². The molecule has 1 atom stereocenters. The van der Waals surface area contributed by atoms with E-state index in [-0.39, 0.29) is 6.61 Å². The topological polar surface area (TPSA) is 45.2 Å². The molecule has 2 aromatic carbocycles. The van der Waals surface area contributed by atoms with Gasteiger partial charge in [0, 0.05) is 51.4 Å². The van der Waals surface area contributed by atoms with Crippen molar-refractivity contribution in [2.75, 3.05) is 40.5 Å². The molecule has 3 rings (SSSR count). The van der Waals surface area contributed by atoms with E-state index in [2.05, 4.69) is 53.1 Å². The van der Waals surface area contributed by atoms with Crippen LogP contribution >= 0.6 is 0 Å². The molecule has 0 amide bonds. The number of rotatable bonds is 9. The fraction of sp³-hybridized carbons (Fsp3) is 0.500. The Kier molecular flexibility index (Phi) is 7.92. The van der Waals surface area contributed by atoms with E-state index in [0.29, 0.717) is 6.04 Å². The monoisotopic (exact) mass is 398 g/mol. The summed E-state index contributed by atoms with van der Waals surface area (Å²) in [5.41, 5.74) is 3.91. The Morgan fingerprint density at radius 3 is 2.14 bits per heavy atom. The summed E-state index contributed by atoms with van der Waals surface area (Å²) in [6.07, 6.45) is 1.86. The number of piperazine rings is 1. The van der Waals surface area contributed by atoms with Crippen LogP contribution in [0.4, 0.5) is 0 Å². The number of aryl methyl sites for hydroxylation is 1. The third kappa shape index (κ3) is 5.95. The predicted octanol–water partition coefficient (Wildman–Crippen LogP) is 3.34. The molecule has 1 N–H and O–H groups in total. The zero-order valence-corrected chi connectivity index (χ0v) is 17.9. The molecule has 5 nitrogen and oxygen atoms in total. The molecule has 1 heterocycles. The minimum Gasteiger partial charge on any atom is -0.497 e. The zero-order chi connectivity index (χ0) is 20.6. The van der Waals surface area contributed by atoms with Crippen LogP contribution in [0.15, 0.2) is 42.5 Å². The molecular weight excluding hydrogens is 364 g/mol. The average Bonchev–Trinajstić information content (AvgIpc) is 2.76. The molecule has 0 bridgehead atoms. The van der Waals surface area contributed by atoms with Crippen LogP contribution in [0.3, 0.4) is 0 Å². The first-order chi connectivity index (χ1) is 14.1. The number of methoxy groups -OCH3 is 2. The SMILES string of the molecule is CCc1ccc(CN2CCN(Cc3cc(OC)cc(OC)c3)[C@H](CCO)C2)cc1. The van der Waals surface area contributed by atoms with Gasteiger partial charge in [-0.3, -0.25) is 9.80 Å². The smallest absolute Gasteiger partial charge is 0.122 e. The first kappa shape index (κ1) is 21.6. The number of aliphatic hydroxyl groups is 1. The second-order valence-corrected chi connectivity index (χ2v) is 7.76. The van der Waals surface area contributed by atoms with E-state index in [1.807, 2.05) is 6.07 Å². The van der Waals surface area contributed by atoms with Crippen molar-refractivity contribution in [2.24, 2.45) is 0 Å². The van der Waals surface area contributed by atoms with Crippen molar-refractivity contribution in [1.82, 2.24) is 9.80 Å². The summed E-state index contributed by atoms with van der Waals surface area (Å²) in [5.74, 6) is 1.62. The van der Waals surface area contributed by atoms with Crippen LogP contribution in [0.1, 0.15) is 30.0 Å². The van der Waals surface area contributed by atoms with E-state index in [1.165, 1.54) is 16.7 Å². The summed E-state index contributed by atoms with van der Waals surface area (Å²) < 4.78 is 10.8. The van der Waals surface area contributed by atoms with Crippen molar-refractivity contribution in [3.8, 4) is 11.5 Å². The van der Waals surface area contributed by atoms with Crippen molar-refractivity contribution < 1.29 is 14.6 Å². The lowest BCUT2D eigenvalue weighted by atomic mass is 10.0. The van der Waals surface area contributed by atoms with Gasteiger partial charge in [0.05, 0.1) is 14.2 Å². The molecule has 5 heteroatoms. The van der Waals surface area contributed by atoms with Gasteiger partial charge in [-0.15, -0.1) is 0 Å². The van der Waals surface area contributed by atoms with Gasteiger partial charge in [-0.2, -0.15) is 0 Å². The molecule has 1 saturated heterocycles. The minimum absolute atomic E-state index is 0.210. The van der Waals surface area contributed by atoms with E-state index in [4.69, 9.17) is 9.47 Å². The predicted molar refractivity (Wildman–Crippen MR) is 117 cm³/mol. The van der Waals surface area contributed by atoms with Crippen LogP contribution in [0.5, 0.6) is 11.5 Å². The Morgan fingerprint density at radius 2 is 1.55 bits per heavy atom. The highest BCUT2D eigenvalue weighted by Gasteiger charge is 2.27. The highest BCUT2D eigenvalue weighted by molar-refractivity contribution is 5.38. The van der Waals surface area contributed by atoms with Gasteiger partial charge in [0.15, 0.2) is 0 Å². The van der Waals surface area contributed by atoms with Crippen LogP contribution in [0.25, 0.3) is 0 Å². The van der Waals surface area contributed by atoms with Crippen molar-refractivity contribution in [1.29, 1.82) is 0 Å². The molecule has 0 spiro atoms. The number of aliphatic hydroxyl groups excluding tert-OH is 1. The molecule has 0 saturated carbocycles. The van der Waals surface area contributed by atoms with E-state index >= 15 is 0 Å². The second kappa shape index (κ2) is 10.6. The molecule has 158 valence electrons. The lowest BCUT2D eigenvalue weighted by molar-refractivity contribution is 0.0499. The van der Waals surface area contributed by atoms with Gasteiger partial charge in [0.25, 0.3) is 0 Å². The number of hydrogen-bond acceptors (Lipinski definition) is 5. The van der Waals surface area contributed by atoms with Crippen LogP contribution in [-0.4, -0.2) is 61.4 Å². The first-order valence-electron chi connectivity index (χ1n) is 10.5. The van der Waals surface area contributed by atoms with E-state index in [9.17, 15) is 5.11 Å². The number of benzene rings is 2. The first-order valence-corrected chi connectivity index (χ1v) is 10.5. The molecular formula is C24H34N2O3. The van der Waals surface area contributed by atoms with Gasteiger partial charge < -0.3 is 14.6 Å². The van der Waals surface area contributed by atoms with Crippen LogP contribution in [0, 0.1) is 0 Å². The number of nitrogens with zero attached hydrogens (tertiary/aromatic N) is 2. The lowest BCUT2D eigenvalue weighted by Crippen LogP contribution is -2.52. The Bertz CT molecular complexity index is 741. The van der Waals surface area contributed by atoms with Gasteiger partial charge >= 0.3 is 0 Å². The molecule has 1 fully saturated rings. The largest absolute Gasteiger partial charge is 0.497 e. The Morgan fingerprint density at radius 1 is 0.897 bits per heavy atom. The number of ether oxygens (including phenoxy) is 2. The maximum Gasteiger partial charge on any atom is 0.122 e. The Hall–Kier alpha value is -2.08. The maximum atomic E-state index is 9.62. The van der Waals surface area contributed by atoms with Crippen molar-refractivity contribution >= 4 is 0 Å². The highest BCUT2D eigenvalue weighted by Crippen LogP contribution is 2.25. The summed E-state index contributed by atoms with van der Waals surface area (Å²) in [6.45, 7) is 7.17. The molecule has 1 aliphatic rings. The molecule has 29 heavy (non-hydrogen) atoms. The van der Waals surface area contributed by atoms with Crippen LogP contribution in [-0.2, 0) is 19.5 Å². The summed E-state index contributed by atoms with van der Waals surface area (Å²) in [7, 11) is 3.36. The van der Waals surface area contributed by atoms with Crippen LogP contribution in [0.2, 0.25) is 0 Å². The standard InChI is InChI=1S/C24H34N2O3/c1-4-19-5-7-20(8-6-19)16-25-10-11-26(22(18-25)9-12-27)17-21-13-23(28-2)15-24(14-21)29-3/h5-8,13-15,22,27H,4,9-12,16-18H2,1-3H3/t22-/m1/s1. The second-order valence-electron chi connectivity index (χ2n) is 7.76. The number of hydrogen-bond donors (Lipinski definition) is 1. The normalized spacial score (nSPS) is 18.0. The van der Waals surface area contributed by atoms with E-state index in [1.54, 1.807) is 14.2 Å². The minimum atomic E-state index is 0.210.